The number of hydrogen-bond acceptors (Lipinski definition) is 3. The average molecular weight is 351 g/mol. The summed E-state index contributed by atoms with van der Waals surface area (Å²) in [6, 6.07) is 7.43. The molecule has 0 aliphatic carbocycles. The third-order valence-electron chi connectivity index (χ3n) is 4.99. The lowest BCUT2D eigenvalue weighted by Gasteiger charge is -2.20. The van der Waals surface area contributed by atoms with Crippen LogP contribution in [0.25, 0.3) is 0 Å². The molecule has 0 spiro atoms. The van der Waals surface area contributed by atoms with Crippen LogP contribution >= 0.6 is 0 Å². The van der Waals surface area contributed by atoms with Gasteiger partial charge < -0.3 is 10.2 Å². The number of rotatable bonds is 3. The summed E-state index contributed by atoms with van der Waals surface area (Å²) in [5, 5.41) is 2.92. The van der Waals surface area contributed by atoms with Gasteiger partial charge >= 0.3 is 0 Å². The topological polar surface area (TPSA) is 62.3 Å². The van der Waals surface area contributed by atoms with Crippen LogP contribution in [0.5, 0.6) is 0 Å². The Morgan fingerprint density at radius 1 is 1.00 bits per heavy atom. The van der Waals surface area contributed by atoms with E-state index in [4.69, 9.17) is 0 Å². The van der Waals surface area contributed by atoms with Crippen molar-refractivity contribution in [3.05, 3.63) is 58.9 Å². The van der Waals surface area contributed by atoms with Crippen LogP contribution in [0.2, 0.25) is 0 Å². The molecule has 1 aliphatic heterocycles. The van der Waals surface area contributed by atoms with Gasteiger partial charge in [0.1, 0.15) is 0 Å². The maximum Gasteiger partial charge on any atom is 0.257 e. The van der Waals surface area contributed by atoms with E-state index in [-0.39, 0.29) is 11.8 Å². The molecule has 2 aromatic rings. The highest BCUT2D eigenvalue weighted by atomic mass is 16.2. The van der Waals surface area contributed by atoms with Crippen molar-refractivity contribution in [1.29, 1.82) is 0 Å². The van der Waals surface area contributed by atoms with Crippen molar-refractivity contribution in [2.75, 3.05) is 18.4 Å². The number of aryl methyl sites for hydroxylation is 1. The molecule has 1 aromatic heterocycles. The number of carbonyl (C=O) groups excluding carboxylic acids is 2. The van der Waals surface area contributed by atoms with Gasteiger partial charge in [-0.3, -0.25) is 14.6 Å². The molecule has 0 radical (unpaired) electrons. The number of amides is 2. The Balaban J connectivity index is 1.76. The molecule has 3 rings (SSSR count). The summed E-state index contributed by atoms with van der Waals surface area (Å²) in [6.07, 6.45) is 7.44. The Kier molecular flexibility index (Phi) is 5.66. The maximum atomic E-state index is 12.7. The average Bonchev–Trinajstić information content (AvgIpc) is 2.94. The second kappa shape index (κ2) is 8.13. The standard InChI is InChI=1S/C21H25N3O2/c1-15-8-7-9-19(16(15)2)23-20(25)17-12-18(14-22-13-17)21(26)24-10-5-3-4-6-11-24/h7-9,12-14H,3-6,10-11H2,1-2H3,(H,23,25). The molecule has 2 heterocycles. The number of pyridine rings is 1. The zero-order chi connectivity index (χ0) is 18.5. The molecule has 1 saturated heterocycles. The summed E-state index contributed by atoms with van der Waals surface area (Å²) in [7, 11) is 0. The fourth-order valence-corrected chi connectivity index (χ4v) is 3.22. The monoisotopic (exact) mass is 351 g/mol. The van der Waals surface area contributed by atoms with Crippen LogP contribution in [0.4, 0.5) is 5.69 Å². The van der Waals surface area contributed by atoms with Crippen molar-refractivity contribution in [1.82, 2.24) is 9.88 Å². The molecule has 2 amide bonds. The van der Waals surface area contributed by atoms with Crippen LogP contribution in [0.15, 0.2) is 36.7 Å². The van der Waals surface area contributed by atoms with E-state index in [9.17, 15) is 9.59 Å². The summed E-state index contributed by atoms with van der Waals surface area (Å²) >= 11 is 0. The third kappa shape index (κ3) is 4.10. The molecule has 136 valence electrons. The lowest BCUT2D eigenvalue weighted by Crippen LogP contribution is -2.32. The predicted molar refractivity (Wildman–Crippen MR) is 102 cm³/mol. The van der Waals surface area contributed by atoms with Crippen LogP contribution in [-0.4, -0.2) is 34.8 Å². The Hall–Kier alpha value is -2.69. The first-order valence-electron chi connectivity index (χ1n) is 9.18. The van der Waals surface area contributed by atoms with E-state index in [1.54, 1.807) is 12.3 Å². The van der Waals surface area contributed by atoms with Gasteiger partial charge in [0, 0.05) is 31.2 Å². The molecule has 1 fully saturated rings. The fraction of sp³-hybridized carbons (Fsp3) is 0.381. The molecular formula is C21H25N3O2. The van der Waals surface area contributed by atoms with Gasteiger partial charge in [-0.05, 0) is 49.9 Å². The Labute approximate surface area is 154 Å². The number of anilines is 1. The fourth-order valence-electron chi connectivity index (χ4n) is 3.22. The number of benzene rings is 1. The molecule has 1 aliphatic rings. The van der Waals surface area contributed by atoms with E-state index in [1.807, 2.05) is 36.9 Å². The number of nitrogens with zero attached hydrogens (tertiary/aromatic N) is 2. The lowest BCUT2D eigenvalue weighted by molar-refractivity contribution is 0.0761. The van der Waals surface area contributed by atoms with E-state index < -0.39 is 0 Å². The van der Waals surface area contributed by atoms with Gasteiger partial charge in [-0.25, -0.2) is 0 Å². The van der Waals surface area contributed by atoms with Crippen molar-refractivity contribution in [2.45, 2.75) is 39.5 Å². The highest BCUT2D eigenvalue weighted by Crippen LogP contribution is 2.19. The highest BCUT2D eigenvalue weighted by Gasteiger charge is 2.19. The van der Waals surface area contributed by atoms with Crippen molar-refractivity contribution in [3.63, 3.8) is 0 Å². The van der Waals surface area contributed by atoms with Crippen LogP contribution in [0.1, 0.15) is 57.5 Å². The van der Waals surface area contributed by atoms with Gasteiger partial charge in [0.25, 0.3) is 11.8 Å². The van der Waals surface area contributed by atoms with Crippen molar-refractivity contribution in [3.8, 4) is 0 Å². The molecule has 0 atom stereocenters. The predicted octanol–water partition coefficient (Wildman–Crippen LogP) is 3.97. The molecule has 0 unspecified atom stereocenters. The molecule has 5 nitrogen and oxygen atoms in total. The lowest BCUT2D eigenvalue weighted by atomic mass is 10.1. The number of carbonyl (C=O) groups is 2. The highest BCUT2D eigenvalue weighted by molar-refractivity contribution is 6.06. The summed E-state index contributed by atoms with van der Waals surface area (Å²) in [6.45, 7) is 5.53. The van der Waals surface area contributed by atoms with Gasteiger partial charge in [-0.15, -0.1) is 0 Å². The smallest absolute Gasteiger partial charge is 0.257 e. The Morgan fingerprint density at radius 2 is 1.69 bits per heavy atom. The second-order valence-electron chi connectivity index (χ2n) is 6.87. The minimum atomic E-state index is -0.253. The Bertz CT molecular complexity index is 809. The van der Waals surface area contributed by atoms with Crippen LogP contribution in [0, 0.1) is 13.8 Å². The van der Waals surface area contributed by atoms with E-state index in [1.165, 1.54) is 19.0 Å². The first kappa shape index (κ1) is 18.1. The molecule has 0 saturated carbocycles. The number of likely N-dealkylation sites (tertiary alicyclic amines) is 1. The zero-order valence-corrected chi connectivity index (χ0v) is 15.4. The van der Waals surface area contributed by atoms with E-state index >= 15 is 0 Å². The summed E-state index contributed by atoms with van der Waals surface area (Å²) in [5.74, 6) is -0.294. The van der Waals surface area contributed by atoms with E-state index in [0.717, 1.165) is 42.7 Å². The largest absolute Gasteiger partial charge is 0.339 e. The van der Waals surface area contributed by atoms with Crippen LogP contribution in [-0.2, 0) is 0 Å². The van der Waals surface area contributed by atoms with Crippen LogP contribution in [0.3, 0.4) is 0 Å². The molecule has 5 heteroatoms. The number of hydrogen-bond donors (Lipinski definition) is 1. The van der Waals surface area contributed by atoms with Gasteiger partial charge in [-0.1, -0.05) is 25.0 Å². The van der Waals surface area contributed by atoms with Crippen LogP contribution < -0.4 is 5.32 Å². The number of nitrogens with one attached hydrogen (secondary N) is 1. The zero-order valence-electron chi connectivity index (χ0n) is 15.4. The first-order valence-corrected chi connectivity index (χ1v) is 9.18. The van der Waals surface area contributed by atoms with E-state index in [2.05, 4.69) is 10.3 Å². The van der Waals surface area contributed by atoms with Crippen molar-refractivity contribution in [2.24, 2.45) is 0 Å². The van der Waals surface area contributed by atoms with Crippen molar-refractivity contribution < 1.29 is 9.59 Å². The maximum absolute atomic E-state index is 12.7. The summed E-state index contributed by atoms with van der Waals surface area (Å²) in [5.41, 5.74) is 3.79. The van der Waals surface area contributed by atoms with Gasteiger partial charge in [0.2, 0.25) is 0 Å². The number of aromatic nitrogens is 1. The second-order valence-corrected chi connectivity index (χ2v) is 6.87. The van der Waals surface area contributed by atoms with Crippen molar-refractivity contribution >= 4 is 17.5 Å². The van der Waals surface area contributed by atoms with Gasteiger partial charge in [0.05, 0.1) is 11.1 Å². The summed E-state index contributed by atoms with van der Waals surface area (Å²) < 4.78 is 0. The minimum absolute atomic E-state index is 0.0409. The molecule has 1 N–H and O–H groups in total. The third-order valence-corrected chi connectivity index (χ3v) is 4.99. The molecule has 26 heavy (non-hydrogen) atoms. The van der Waals surface area contributed by atoms with E-state index in [0.29, 0.717) is 11.1 Å². The van der Waals surface area contributed by atoms with Gasteiger partial charge in [0.15, 0.2) is 0 Å². The molecular weight excluding hydrogens is 326 g/mol. The SMILES string of the molecule is Cc1cccc(NC(=O)c2cncc(C(=O)N3CCCCCC3)c2)c1C. The quantitative estimate of drug-likeness (QED) is 0.910. The summed E-state index contributed by atoms with van der Waals surface area (Å²) in [4.78, 5) is 31.3. The minimum Gasteiger partial charge on any atom is -0.339 e. The Morgan fingerprint density at radius 3 is 2.42 bits per heavy atom. The molecule has 1 aromatic carbocycles. The normalized spacial score (nSPS) is 14.6. The van der Waals surface area contributed by atoms with Gasteiger partial charge in [-0.2, -0.15) is 0 Å². The molecule has 0 bridgehead atoms. The first-order chi connectivity index (χ1) is 12.6.